The molecule has 1 aromatic heterocycles. The second-order valence-electron chi connectivity index (χ2n) is 3.84. The van der Waals surface area contributed by atoms with Crippen molar-refractivity contribution in [3.05, 3.63) is 53.2 Å². The fraction of sp³-hybridized carbons (Fsp3) is 0.0769. The first-order chi connectivity index (χ1) is 8.99. The third-order valence-electron chi connectivity index (χ3n) is 2.56. The summed E-state index contributed by atoms with van der Waals surface area (Å²) in [4.78, 5) is 22.9. The Hall–Kier alpha value is -2.63. The van der Waals surface area contributed by atoms with E-state index in [0.29, 0.717) is 11.3 Å². The summed E-state index contributed by atoms with van der Waals surface area (Å²) in [6.45, 7) is 1.61. The summed E-state index contributed by atoms with van der Waals surface area (Å²) in [6.07, 6.45) is 1.35. The number of rotatable bonds is 3. The van der Waals surface area contributed by atoms with Crippen LogP contribution in [0.3, 0.4) is 0 Å². The number of halogens is 1. The van der Waals surface area contributed by atoms with Gasteiger partial charge in [0.1, 0.15) is 11.6 Å². The Balaban J connectivity index is 2.32. The van der Waals surface area contributed by atoms with Crippen molar-refractivity contribution in [3.8, 4) is 0 Å². The van der Waals surface area contributed by atoms with E-state index < -0.39 is 17.7 Å². The fourth-order valence-electron chi connectivity index (χ4n) is 1.61. The normalized spacial score (nSPS) is 10.2. The maximum Gasteiger partial charge on any atom is 0.337 e. The molecule has 2 aromatic rings. The molecule has 0 radical (unpaired) electrons. The van der Waals surface area contributed by atoms with Gasteiger partial charge in [-0.1, -0.05) is 0 Å². The number of benzene rings is 1. The summed E-state index contributed by atoms with van der Waals surface area (Å²) in [6, 6.07) is 4.59. The molecule has 0 spiro atoms. The number of carboxylic acids is 1. The van der Waals surface area contributed by atoms with E-state index in [-0.39, 0.29) is 11.3 Å². The summed E-state index contributed by atoms with van der Waals surface area (Å²) in [5, 5.41) is 11.4. The Morgan fingerprint density at radius 1 is 1.26 bits per heavy atom. The second kappa shape index (κ2) is 4.93. The molecule has 0 fully saturated rings. The number of carbonyl (C=O) groups is 2. The van der Waals surface area contributed by atoms with Crippen molar-refractivity contribution in [2.24, 2.45) is 0 Å². The molecule has 5 nitrogen and oxygen atoms in total. The molecule has 0 aliphatic carbocycles. The van der Waals surface area contributed by atoms with Crippen molar-refractivity contribution in [2.75, 3.05) is 5.32 Å². The average Bonchev–Trinajstić information content (AvgIpc) is 2.77. The van der Waals surface area contributed by atoms with Crippen LogP contribution in [0.4, 0.5) is 10.1 Å². The first-order valence-corrected chi connectivity index (χ1v) is 5.37. The second-order valence-corrected chi connectivity index (χ2v) is 3.84. The van der Waals surface area contributed by atoms with Crippen LogP contribution in [0.2, 0.25) is 0 Å². The SMILES string of the molecule is Cc1occc1C(=O)Nc1ccc(F)cc1C(=O)O. The van der Waals surface area contributed by atoms with Gasteiger partial charge in [0.15, 0.2) is 0 Å². The van der Waals surface area contributed by atoms with Crippen LogP contribution in [-0.4, -0.2) is 17.0 Å². The largest absolute Gasteiger partial charge is 0.478 e. The molecular weight excluding hydrogens is 253 g/mol. The highest BCUT2D eigenvalue weighted by Gasteiger charge is 2.16. The van der Waals surface area contributed by atoms with Crippen LogP contribution in [0.5, 0.6) is 0 Å². The lowest BCUT2D eigenvalue weighted by Gasteiger charge is -2.08. The molecule has 0 unspecified atom stereocenters. The summed E-state index contributed by atoms with van der Waals surface area (Å²) in [5.74, 6) is -2.11. The molecule has 19 heavy (non-hydrogen) atoms. The Kier molecular flexibility index (Phi) is 3.33. The molecule has 0 saturated carbocycles. The van der Waals surface area contributed by atoms with Crippen LogP contribution in [-0.2, 0) is 0 Å². The van der Waals surface area contributed by atoms with Crippen LogP contribution < -0.4 is 5.32 Å². The minimum absolute atomic E-state index is 0.0273. The highest BCUT2D eigenvalue weighted by molar-refractivity contribution is 6.08. The number of hydrogen-bond acceptors (Lipinski definition) is 3. The number of carbonyl (C=O) groups excluding carboxylic acids is 1. The zero-order chi connectivity index (χ0) is 14.0. The van der Waals surface area contributed by atoms with Crippen LogP contribution in [0.1, 0.15) is 26.5 Å². The minimum Gasteiger partial charge on any atom is -0.478 e. The van der Waals surface area contributed by atoms with E-state index in [2.05, 4.69) is 5.32 Å². The number of furan rings is 1. The van der Waals surface area contributed by atoms with Gasteiger partial charge in [-0.05, 0) is 31.2 Å². The number of carboxylic acid groups (broad SMARTS) is 1. The molecule has 0 aliphatic rings. The number of amides is 1. The zero-order valence-electron chi connectivity index (χ0n) is 9.94. The minimum atomic E-state index is -1.32. The fourth-order valence-corrected chi connectivity index (χ4v) is 1.61. The number of nitrogens with one attached hydrogen (secondary N) is 1. The predicted molar refractivity (Wildman–Crippen MR) is 64.8 cm³/mol. The maximum absolute atomic E-state index is 13.0. The van der Waals surface area contributed by atoms with E-state index in [4.69, 9.17) is 9.52 Å². The van der Waals surface area contributed by atoms with Crippen LogP contribution in [0, 0.1) is 12.7 Å². The molecule has 98 valence electrons. The maximum atomic E-state index is 13.0. The Morgan fingerprint density at radius 2 is 2.00 bits per heavy atom. The van der Waals surface area contributed by atoms with Crippen molar-refractivity contribution >= 4 is 17.6 Å². The summed E-state index contributed by atoms with van der Waals surface area (Å²) < 4.78 is 18.0. The monoisotopic (exact) mass is 263 g/mol. The van der Waals surface area contributed by atoms with Gasteiger partial charge >= 0.3 is 5.97 Å². The lowest BCUT2D eigenvalue weighted by Crippen LogP contribution is -2.15. The molecular formula is C13H10FNO4. The summed E-state index contributed by atoms with van der Waals surface area (Å²) in [5.41, 5.74) is 0.00895. The van der Waals surface area contributed by atoms with Crippen molar-refractivity contribution in [1.29, 1.82) is 0 Å². The molecule has 1 heterocycles. The van der Waals surface area contributed by atoms with Gasteiger partial charge in [-0.3, -0.25) is 4.79 Å². The first-order valence-electron chi connectivity index (χ1n) is 5.37. The van der Waals surface area contributed by atoms with Crippen LogP contribution in [0.15, 0.2) is 34.9 Å². The van der Waals surface area contributed by atoms with Crippen molar-refractivity contribution in [3.63, 3.8) is 0 Å². The van der Waals surface area contributed by atoms with Gasteiger partial charge in [0.2, 0.25) is 0 Å². The third-order valence-corrected chi connectivity index (χ3v) is 2.56. The first kappa shape index (κ1) is 12.8. The Bertz CT molecular complexity index is 648. The van der Waals surface area contributed by atoms with E-state index >= 15 is 0 Å². The van der Waals surface area contributed by atoms with Gasteiger partial charge in [-0.15, -0.1) is 0 Å². The van der Waals surface area contributed by atoms with E-state index in [1.807, 2.05) is 0 Å². The standard InChI is InChI=1S/C13H10FNO4/c1-7-9(4-5-19-7)12(16)15-11-3-2-8(14)6-10(11)13(17)18/h2-6H,1H3,(H,15,16)(H,17,18). The zero-order valence-corrected chi connectivity index (χ0v) is 9.94. The molecule has 0 aliphatic heterocycles. The van der Waals surface area contributed by atoms with E-state index in [0.717, 1.165) is 12.1 Å². The van der Waals surface area contributed by atoms with Crippen molar-refractivity contribution < 1.29 is 23.5 Å². The summed E-state index contributed by atoms with van der Waals surface area (Å²) >= 11 is 0. The van der Waals surface area contributed by atoms with Gasteiger partial charge in [0.05, 0.1) is 23.1 Å². The topological polar surface area (TPSA) is 79.5 Å². The van der Waals surface area contributed by atoms with Crippen LogP contribution >= 0.6 is 0 Å². The van der Waals surface area contributed by atoms with Gasteiger partial charge in [-0.25, -0.2) is 9.18 Å². The van der Waals surface area contributed by atoms with Crippen molar-refractivity contribution in [1.82, 2.24) is 0 Å². The van der Waals surface area contributed by atoms with Gasteiger partial charge in [0.25, 0.3) is 5.91 Å². The molecule has 2 rings (SSSR count). The Morgan fingerprint density at radius 3 is 2.58 bits per heavy atom. The molecule has 1 aromatic carbocycles. The molecule has 1 amide bonds. The predicted octanol–water partition coefficient (Wildman–Crippen LogP) is 2.68. The number of anilines is 1. The third kappa shape index (κ3) is 2.62. The quantitative estimate of drug-likeness (QED) is 0.892. The highest BCUT2D eigenvalue weighted by atomic mass is 19.1. The molecule has 0 saturated heterocycles. The molecule has 6 heteroatoms. The number of hydrogen-bond donors (Lipinski definition) is 2. The smallest absolute Gasteiger partial charge is 0.337 e. The van der Waals surface area contributed by atoms with Crippen molar-refractivity contribution in [2.45, 2.75) is 6.92 Å². The molecule has 0 bridgehead atoms. The number of aromatic carboxylic acids is 1. The molecule has 2 N–H and O–H groups in total. The average molecular weight is 263 g/mol. The van der Waals surface area contributed by atoms with Crippen LogP contribution in [0.25, 0.3) is 0 Å². The molecule has 0 atom stereocenters. The van der Waals surface area contributed by atoms with E-state index in [1.165, 1.54) is 18.4 Å². The van der Waals surface area contributed by atoms with Gasteiger partial charge in [-0.2, -0.15) is 0 Å². The lowest BCUT2D eigenvalue weighted by atomic mass is 10.1. The lowest BCUT2D eigenvalue weighted by molar-refractivity contribution is 0.0697. The van der Waals surface area contributed by atoms with Gasteiger partial charge < -0.3 is 14.8 Å². The van der Waals surface area contributed by atoms with Gasteiger partial charge in [0, 0.05) is 0 Å². The van der Waals surface area contributed by atoms with E-state index in [9.17, 15) is 14.0 Å². The summed E-state index contributed by atoms with van der Waals surface area (Å²) in [7, 11) is 0. The van der Waals surface area contributed by atoms with E-state index in [1.54, 1.807) is 6.92 Å². The highest BCUT2D eigenvalue weighted by Crippen LogP contribution is 2.19. The number of aryl methyl sites for hydroxylation is 1. The Labute approximate surface area is 107 Å².